The van der Waals surface area contributed by atoms with Crippen LogP contribution in [-0.2, 0) is 13.1 Å². The summed E-state index contributed by atoms with van der Waals surface area (Å²) in [4.78, 5) is 6.41. The zero-order chi connectivity index (χ0) is 14.9. The summed E-state index contributed by atoms with van der Waals surface area (Å²) in [6, 6.07) is 8.87. The Morgan fingerprint density at radius 1 is 1.14 bits per heavy atom. The third kappa shape index (κ3) is 4.90. The molecule has 2 rings (SSSR count). The normalized spacial score (nSPS) is 10.8. The number of aromatic nitrogens is 2. The molecule has 0 unspecified atom stereocenters. The maximum Gasteiger partial charge on any atom is 0.0945 e. The van der Waals surface area contributed by atoms with Crippen molar-refractivity contribution in [3.8, 4) is 0 Å². The van der Waals surface area contributed by atoms with Gasteiger partial charge in [0.25, 0.3) is 0 Å². The summed E-state index contributed by atoms with van der Waals surface area (Å²) < 4.78 is 2.11. The molecule has 21 heavy (non-hydrogen) atoms. The van der Waals surface area contributed by atoms with E-state index in [2.05, 4.69) is 57.9 Å². The van der Waals surface area contributed by atoms with E-state index in [1.807, 2.05) is 18.7 Å². The van der Waals surface area contributed by atoms with E-state index in [0.29, 0.717) is 0 Å². The quantitative estimate of drug-likeness (QED) is 0.720. The van der Waals surface area contributed by atoms with Gasteiger partial charge in [-0.1, -0.05) is 12.1 Å². The van der Waals surface area contributed by atoms with Crippen LogP contribution in [-0.4, -0.2) is 29.2 Å². The van der Waals surface area contributed by atoms with Gasteiger partial charge in [-0.05, 0) is 44.5 Å². The summed E-state index contributed by atoms with van der Waals surface area (Å²) in [5.74, 6) is 0. The molecule has 0 bridgehead atoms. The molecular weight excluding hydrogens is 260 g/mol. The first-order valence-electron chi connectivity index (χ1n) is 7.83. The lowest BCUT2D eigenvalue weighted by Crippen LogP contribution is -2.21. The van der Waals surface area contributed by atoms with Crippen LogP contribution in [0.25, 0.3) is 0 Å². The van der Waals surface area contributed by atoms with Crippen LogP contribution in [0.15, 0.2) is 43.0 Å². The first-order valence-corrected chi connectivity index (χ1v) is 7.83. The highest BCUT2D eigenvalue weighted by atomic mass is 15.1. The van der Waals surface area contributed by atoms with Crippen molar-refractivity contribution in [3.63, 3.8) is 0 Å². The van der Waals surface area contributed by atoms with Gasteiger partial charge in [0.15, 0.2) is 0 Å². The van der Waals surface area contributed by atoms with E-state index in [9.17, 15) is 0 Å². The number of anilines is 1. The van der Waals surface area contributed by atoms with Crippen molar-refractivity contribution in [2.24, 2.45) is 0 Å². The van der Waals surface area contributed by atoms with Crippen molar-refractivity contribution in [3.05, 3.63) is 48.5 Å². The van der Waals surface area contributed by atoms with Crippen LogP contribution in [0, 0.1) is 0 Å². The predicted molar refractivity (Wildman–Crippen MR) is 88.6 cm³/mol. The van der Waals surface area contributed by atoms with Crippen LogP contribution < -0.4 is 10.2 Å². The molecule has 2 aromatic rings. The van der Waals surface area contributed by atoms with E-state index >= 15 is 0 Å². The second-order valence-corrected chi connectivity index (χ2v) is 5.17. The molecule has 0 atom stereocenters. The number of hydrogen-bond donors (Lipinski definition) is 1. The number of nitrogens with one attached hydrogen (secondary N) is 1. The second kappa shape index (κ2) is 8.47. The summed E-state index contributed by atoms with van der Waals surface area (Å²) in [5.41, 5.74) is 2.65. The fourth-order valence-electron chi connectivity index (χ4n) is 2.45. The largest absolute Gasteiger partial charge is 0.372 e. The minimum Gasteiger partial charge on any atom is -0.372 e. The van der Waals surface area contributed by atoms with Crippen LogP contribution in [0.3, 0.4) is 0 Å². The molecule has 1 N–H and O–H groups in total. The minimum absolute atomic E-state index is 0.933. The first kappa shape index (κ1) is 15.6. The Hall–Kier alpha value is -1.81. The van der Waals surface area contributed by atoms with Gasteiger partial charge < -0.3 is 14.8 Å². The Morgan fingerprint density at radius 3 is 2.52 bits per heavy atom. The minimum atomic E-state index is 0.933. The molecule has 1 aromatic heterocycles. The summed E-state index contributed by atoms with van der Waals surface area (Å²) in [6.07, 6.45) is 6.82. The topological polar surface area (TPSA) is 33.1 Å². The molecule has 0 fully saturated rings. The Bertz CT molecular complexity index is 486. The van der Waals surface area contributed by atoms with Crippen LogP contribution in [0.1, 0.15) is 25.8 Å². The molecule has 0 spiro atoms. The Kier molecular flexibility index (Phi) is 6.28. The van der Waals surface area contributed by atoms with Crippen LogP contribution in [0.5, 0.6) is 0 Å². The molecule has 4 heteroatoms. The highest BCUT2D eigenvalue weighted by Crippen LogP contribution is 2.14. The first-order chi connectivity index (χ1) is 10.3. The van der Waals surface area contributed by atoms with Gasteiger partial charge in [-0.2, -0.15) is 0 Å². The second-order valence-electron chi connectivity index (χ2n) is 5.17. The average molecular weight is 286 g/mol. The number of nitrogens with zero attached hydrogens (tertiary/aromatic N) is 3. The lowest BCUT2D eigenvalue weighted by molar-refractivity contribution is 0.581. The van der Waals surface area contributed by atoms with Gasteiger partial charge in [-0.15, -0.1) is 0 Å². The van der Waals surface area contributed by atoms with Gasteiger partial charge in [0.1, 0.15) is 0 Å². The molecule has 0 saturated carbocycles. The molecule has 1 heterocycles. The van der Waals surface area contributed by atoms with Crippen molar-refractivity contribution >= 4 is 5.69 Å². The molecule has 4 nitrogen and oxygen atoms in total. The fourth-order valence-corrected chi connectivity index (χ4v) is 2.45. The van der Waals surface area contributed by atoms with Crippen LogP contribution in [0.4, 0.5) is 5.69 Å². The summed E-state index contributed by atoms with van der Waals surface area (Å²) >= 11 is 0. The summed E-state index contributed by atoms with van der Waals surface area (Å²) in [7, 11) is 0. The summed E-state index contributed by atoms with van der Waals surface area (Å²) in [6.45, 7) is 9.48. The molecule has 0 aliphatic carbocycles. The molecule has 0 aliphatic heterocycles. The van der Waals surface area contributed by atoms with Gasteiger partial charge in [0.05, 0.1) is 6.33 Å². The number of aryl methyl sites for hydroxylation is 1. The average Bonchev–Trinajstić information content (AvgIpc) is 3.03. The van der Waals surface area contributed by atoms with Crippen LogP contribution in [0.2, 0.25) is 0 Å². The van der Waals surface area contributed by atoms with Crippen molar-refractivity contribution in [2.45, 2.75) is 33.4 Å². The Balaban J connectivity index is 1.68. The molecule has 114 valence electrons. The Labute approximate surface area is 127 Å². The van der Waals surface area contributed by atoms with Crippen molar-refractivity contribution in [2.75, 3.05) is 24.5 Å². The lowest BCUT2D eigenvalue weighted by atomic mass is 10.2. The van der Waals surface area contributed by atoms with Crippen molar-refractivity contribution in [1.29, 1.82) is 0 Å². The predicted octanol–water partition coefficient (Wildman–Crippen LogP) is 2.91. The van der Waals surface area contributed by atoms with E-state index in [0.717, 1.165) is 39.1 Å². The van der Waals surface area contributed by atoms with Gasteiger partial charge in [0, 0.05) is 44.3 Å². The van der Waals surface area contributed by atoms with Gasteiger partial charge in [-0.3, -0.25) is 0 Å². The Morgan fingerprint density at radius 2 is 1.90 bits per heavy atom. The van der Waals surface area contributed by atoms with Gasteiger partial charge in [-0.25, -0.2) is 4.98 Å². The highest BCUT2D eigenvalue weighted by molar-refractivity contribution is 5.47. The lowest BCUT2D eigenvalue weighted by Gasteiger charge is -2.21. The fraction of sp³-hybridized carbons (Fsp3) is 0.471. The number of benzene rings is 1. The maximum atomic E-state index is 4.04. The number of imidazole rings is 1. The van der Waals surface area contributed by atoms with Crippen molar-refractivity contribution in [1.82, 2.24) is 14.9 Å². The smallest absolute Gasteiger partial charge is 0.0945 e. The third-order valence-electron chi connectivity index (χ3n) is 3.72. The SMILES string of the molecule is CCN(CC)c1ccc(CNCCCn2ccnc2)cc1. The van der Waals surface area contributed by atoms with E-state index in [1.165, 1.54) is 11.3 Å². The maximum absolute atomic E-state index is 4.04. The zero-order valence-corrected chi connectivity index (χ0v) is 13.1. The number of hydrogen-bond acceptors (Lipinski definition) is 3. The summed E-state index contributed by atoms with van der Waals surface area (Å²) in [5, 5.41) is 3.49. The molecule has 0 saturated heterocycles. The highest BCUT2D eigenvalue weighted by Gasteiger charge is 2.01. The van der Waals surface area contributed by atoms with E-state index in [4.69, 9.17) is 0 Å². The van der Waals surface area contributed by atoms with E-state index in [1.54, 1.807) is 0 Å². The zero-order valence-electron chi connectivity index (χ0n) is 13.1. The molecular formula is C17H26N4. The third-order valence-corrected chi connectivity index (χ3v) is 3.72. The van der Waals surface area contributed by atoms with Crippen LogP contribution >= 0.6 is 0 Å². The molecule has 0 amide bonds. The van der Waals surface area contributed by atoms with Crippen molar-refractivity contribution < 1.29 is 0 Å². The van der Waals surface area contributed by atoms with E-state index in [-0.39, 0.29) is 0 Å². The molecule has 1 aromatic carbocycles. The van der Waals surface area contributed by atoms with E-state index < -0.39 is 0 Å². The standard InChI is InChI=1S/C17H26N4/c1-3-21(4-2)17-8-6-16(7-9-17)14-18-10-5-12-20-13-11-19-15-20/h6-9,11,13,15,18H,3-5,10,12,14H2,1-2H3. The van der Waals surface area contributed by atoms with Gasteiger partial charge in [0.2, 0.25) is 0 Å². The monoisotopic (exact) mass is 286 g/mol. The molecule has 0 radical (unpaired) electrons. The molecule has 0 aliphatic rings. The van der Waals surface area contributed by atoms with Gasteiger partial charge >= 0.3 is 0 Å². The number of rotatable bonds is 9.